The van der Waals surface area contributed by atoms with E-state index in [0.717, 1.165) is 22.3 Å². The van der Waals surface area contributed by atoms with Crippen LogP contribution in [0.3, 0.4) is 0 Å². The van der Waals surface area contributed by atoms with Crippen molar-refractivity contribution in [2.75, 3.05) is 0 Å². The molecule has 32 heavy (non-hydrogen) atoms. The molecule has 0 aromatic heterocycles. The van der Waals surface area contributed by atoms with E-state index in [0.29, 0.717) is 11.3 Å². The molecule has 3 aromatic rings. The van der Waals surface area contributed by atoms with Gasteiger partial charge in [0.15, 0.2) is 0 Å². The first-order chi connectivity index (χ1) is 15.6. The smallest absolute Gasteiger partial charge is 0.343 e. The second-order valence-electron chi connectivity index (χ2n) is 6.22. The molecule has 0 aliphatic heterocycles. The summed E-state index contributed by atoms with van der Waals surface area (Å²) in [5.41, 5.74) is 4.30. The second-order valence-corrected chi connectivity index (χ2v) is 6.22. The van der Waals surface area contributed by atoms with Gasteiger partial charge >= 0.3 is 5.97 Å². The molecule has 0 bridgehead atoms. The summed E-state index contributed by atoms with van der Waals surface area (Å²) in [4.78, 5) is 16.8. The molecule has 3 rings (SSSR count). The molecule has 0 fully saturated rings. The first kappa shape index (κ1) is 29.1. The first-order valence-electron chi connectivity index (χ1n) is 11.3. The van der Waals surface area contributed by atoms with Crippen molar-refractivity contribution in [1.29, 1.82) is 0 Å². The normalized spacial score (nSPS) is 10.2. The molecule has 4 heteroatoms. The summed E-state index contributed by atoms with van der Waals surface area (Å²) in [6.45, 7) is 16.0. The molecule has 0 spiro atoms. The molecular formula is C28H38O4. The largest absolute Gasteiger partial charge is 0.423 e. The van der Waals surface area contributed by atoms with Crippen molar-refractivity contribution in [2.24, 2.45) is 0 Å². The van der Waals surface area contributed by atoms with Gasteiger partial charge in [-0.05, 0) is 49.2 Å². The van der Waals surface area contributed by atoms with Crippen molar-refractivity contribution in [3.05, 3.63) is 101 Å². The van der Waals surface area contributed by atoms with Crippen LogP contribution in [0.4, 0.5) is 0 Å². The van der Waals surface area contributed by atoms with E-state index in [9.17, 15) is 10.1 Å². The zero-order valence-corrected chi connectivity index (χ0v) is 20.7. The van der Waals surface area contributed by atoms with Gasteiger partial charge in [0.1, 0.15) is 11.9 Å². The Kier molecular flexibility index (Phi) is 15.2. The maximum Gasteiger partial charge on any atom is 0.343 e. The summed E-state index contributed by atoms with van der Waals surface area (Å²) in [7, 11) is 0. The average molecular weight is 439 g/mol. The summed E-state index contributed by atoms with van der Waals surface area (Å²) >= 11 is 0. The molecular weight excluding hydrogens is 400 g/mol. The van der Waals surface area contributed by atoms with Gasteiger partial charge in [-0.1, -0.05) is 101 Å². The third-order valence-electron chi connectivity index (χ3n) is 4.17. The lowest BCUT2D eigenvalue weighted by Gasteiger charge is -2.15. The molecule has 0 amide bonds. The molecule has 1 N–H and O–H groups in total. The molecule has 174 valence electrons. The van der Waals surface area contributed by atoms with E-state index in [4.69, 9.17) is 4.74 Å². The fourth-order valence-corrected chi connectivity index (χ4v) is 2.62. The van der Waals surface area contributed by atoms with Crippen LogP contribution in [0.15, 0.2) is 72.8 Å². The average Bonchev–Trinajstić information content (AvgIpc) is 2.86. The summed E-state index contributed by atoms with van der Waals surface area (Å²) < 4.78 is 5.39. The van der Waals surface area contributed by atoms with Gasteiger partial charge in [0.25, 0.3) is 0 Å². The van der Waals surface area contributed by atoms with E-state index >= 15 is 0 Å². The van der Waals surface area contributed by atoms with Gasteiger partial charge < -0.3 is 4.74 Å². The highest BCUT2D eigenvalue weighted by Crippen LogP contribution is 2.27. The molecule has 0 saturated carbocycles. The van der Waals surface area contributed by atoms with Gasteiger partial charge in [-0.15, -0.1) is 0 Å². The van der Waals surface area contributed by atoms with Gasteiger partial charge in [0.2, 0.25) is 0 Å². The molecule has 0 aliphatic rings. The Labute approximate surface area is 193 Å². The molecule has 3 aromatic carbocycles. The van der Waals surface area contributed by atoms with Gasteiger partial charge in [0, 0.05) is 0 Å². The lowest BCUT2D eigenvalue weighted by molar-refractivity contribution is -0.270. The number of rotatable bonds is 5. The van der Waals surface area contributed by atoms with Crippen molar-refractivity contribution in [2.45, 2.75) is 61.5 Å². The maximum absolute atomic E-state index is 12.2. The second kappa shape index (κ2) is 16.7. The van der Waals surface area contributed by atoms with Crippen molar-refractivity contribution in [3.63, 3.8) is 0 Å². The van der Waals surface area contributed by atoms with Gasteiger partial charge in [0.05, 0.1) is 5.56 Å². The molecule has 1 atom stereocenters. The SMILES string of the molecule is CC.CC.CC.Cc1ccc(C(=O)Oc2ccc(C(OO)c3ccc(C)cc3)cc2)cc1. The number of benzene rings is 3. The van der Waals surface area contributed by atoms with E-state index in [-0.39, 0.29) is 0 Å². The van der Waals surface area contributed by atoms with Crippen LogP contribution in [0.1, 0.15) is 80.3 Å². The number of ether oxygens (including phenoxy) is 1. The fourth-order valence-electron chi connectivity index (χ4n) is 2.62. The molecule has 1 unspecified atom stereocenters. The van der Waals surface area contributed by atoms with Crippen LogP contribution in [0.2, 0.25) is 0 Å². The Hall–Kier alpha value is -2.95. The van der Waals surface area contributed by atoms with E-state index in [1.807, 2.05) is 91.8 Å². The minimum atomic E-state index is -0.600. The minimum absolute atomic E-state index is 0.411. The van der Waals surface area contributed by atoms with Crippen molar-refractivity contribution < 1.29 is 19.7 Å². The Morgan fingerprint density at radius 1 is 0.656 bits per heavy atom. The number of esters is 1. The maximum atomic E-state index is 12.2. The number of hydrogen-bond donors (Lipinski definition) is 1. The molecule has 0 radical (unpaired) electrons. The lowest BCUT2D eigenvalue weighted by atomic mass is 10.0. The van der Waals surface area contributed by atoms with E-state index < -0.39 is 12.1 Å². The molecule has 4 nitrogen and oxygen atoms in total. The van der Waals surface area contributed by atoms with Crippen molar-refractivity contribution >= 4 is 5.97 Å². The van der Waals surface area contributed by atoms with Crippen LogP contribution < -0.4 is 4.74 Å². The Balaban J connectivity index is 0.00000148. The zero-order chi connectivity index (χ0) is 24.5. The predicted octanol–water partition coefficient (Wildman–Crippen LogP) is 8.18. The first-order valence-corrected chi connectivity index (χ1v) is 11.3. The molecule has 0 aliphatic carbocycles. The molecule has 0 heterocycles. The van der Waals surface area contributed by atoms with Crippen LogP contribution >= 0.6 is 0 Å². The van der Waals surface area contributed by atoms with Gasteiger partial charge in [-0.3, -0.25) is 5.26 Å². The number of aryl methyl sites for hydroxylation is 2. The summed E-state index contributed by atoms with van der Waals surface area (Å²) in [5, 5.41) is 9.30. The Morgan fingerprint density at radius 2 is 1.03 bits per heavy atom. The fraction of sp³-hybridized carbons (Fsp3) is 0.321. The Morgan fingerprint density at radius 3 is 1.44 bits per heavy atom. The summed E-state index contributed by atoms with van der Waals surface area (Å²) in [5.74, 6) is 0.0196. The van der Waals surface area contributed by atoms with Crippen LogP contribution in [-0.4, -0.2) is 11.2 Å². The zero-order valence-electron chi connectivity index (χ0n) is 20.7. The van der Waals surface area contributed by atoms with Crippen LogP contribution in [-0.2, 0) is 4.89 Å². The van der Waals surface area contributed by atoms with Crippen LogP contribution in [0.5, 0.6) is 5.75 Å². The predicted molar refractivity (Wildman–Crippen MR) is 133 cm³/mol. The minimum Gasteiger partial charge on any atom is -0.423 e. The topological polar surface area (TPSA) is 55.8 Å². The standard InChI is InChI=1S/C22H20O4.3C2H6/c1-15-3-7-17(8-4-15)21(26-24)18-11-13-20(14-12-18)25-22(23)19-9-5-16(2)6-10-19;3*1-2/h3-14,21,24H,1-2H3;3*1-2H3. The highest BCUT2D eigenvalue weighted by Gasteiger charge is 2.15. The monoisotopic (exact) mass is 438 g/mol. The van der Waals surface area contributed by atoms with Crippen molar-refractivity contribution in [3.8, 4) is 5.75 Å². The third-order valence-corrected chi connectivity index (χ3v) is 4.17. The summed E-state index contributed by atoms with van der Waals surface area (Å²) in [6, 6.07) is 21.8. The molecule has 0 saturated heterocycles. The lowest BCUT2D eigenvalue weighted by Crippen LogP contribution is -2.09. The number of hydrogen-bond acceptors (Lipinski definition) is 4. The number of carbonyl (C=O) groups is 1. The third kappa shape index (κ3) is 9.04. The van der Waals surface area contributed by atoms with E-state index in [1.165, 1.54) is 0 Å². The van der Waals surface area contributed by atoms with Gasteiger partial charge in [-0.25, -0.2) is 9.68 Å². The highest BCUT2D eigenvalue weighted by atomic mass is 17.1. The van der Waals surface area contributed by atoms with Crippen molar-refractivity contribution in [1.82, 2.24) is 0 Å². The van der Waals surface area contributed by atoms with E-state index in [1.54, 1.807) is 36.4 Å². The Bertz CT molecular complexity index is 867. The number of carbonyl (C=O) groups excluding carboxylic acids is 1. The summed E-state index contributed by atoms with van der Waals surface area (Å²) in [6.07, 6.45) is -0.600. The van der Waals surface area contributed by atoms with E-state index in [2.05, 4.69) is 4.89 Å². The quantitative estimate of drug-likeness (QED) is 0.189. The highest BCUT2D eigenvalue weighted by molar-refractivity contribution is 5.91. The van der Waals surface area contributed by atoms with Crippen LogP contribution in [0, 0.1) is 13.8 Å². The van der Waals surface area contributed by atoms with Crippen LogP contribution in [0.25, 0.3) is 0 Å². The van der Waals surface area contributed by atoms with Gasteiger partial charge in [-0.2, -0.15) is 0 Å².